The van der Waals surface area contributed by atoms with E-state index in [4.69, 9.17) is 4.74 Å². The Morgan fingerprint density at radius 3 is 2.61 bits per heavy atom. The van der Waals surface area contributed by atoms with E-state index in [0.717, 1.165) is 28.5 Å². The highest BCUT2D eigenvalue weighted by Crippen LogP contribution is 2.23. The van der Waals surface area contributed by atoms with Crippen molar-refractivity contribution >= 4 is 29.9 Å². The second-order valence-corrected chi connectivity index (χ2v) is 3.72. The van der Waals surface area contributed by atoms with E-state index >= 15 is 0 Å². The SMILES string of the molecule is CN=C(NC)NCc1ncc(C)c(OC)c1C.I. The number of nitrogens with one attached hydrogen (secondary N) is 2. The number of halogens is 1. The molecule has 0 atom stereocenters. The van der Waals surface area contributed by atoms with E-state index in [1.165, 1.54) is 0 Å². The summed E-state index contributed by atoms with van der Waals surface area (Å²) in [4.78, 5) is 8.45. The molecule has 0 saturated heterocycles. The number of ether oxygens (including phenoxy) is 1. The number of aromatic nitrogens is 1. The van der Waals surface area contributed by atoms with E-state index < -0.39 is 0 Å². The van der Waals surface area contributed by atoms with E-state index in [1.54, 1.807) is 14.2 Å². The molecule has 0 unspecified atom stereocenters. The highest BCUT2D eigenvalue weighted by molar-refractivity contribution is 14.0. The molecule has 0 radical (unpaired) electrons. The molecule has 18 heavy (non-hydrogen) atoms. The van der Waals surface area contributed by atoms with Crippen LogP contribution >= 0.6 is 24.0 Å². The lowest BCUT2D eigenvalue weighted by Crippen LogP contribution is -2.34. The molecule has 0 fully saturated rings. The molecule has 0 bridgehead atoms. The number of nitrogens with zero attached hydrogens (tertiary/aromatic N) is 2. The molecule has 1 rings (SSSR count). The molecule has 102 valence electrons. The molecule has 0 saturated carbocycles. The summed E-state index contributed by atoms with van der Waals surface area (Å²) in [6.07, 6.45) is 1.82. The maximum Gasteiger partial charge on any atom is 0.191 e. The third kappa shape index (κ3) is 4.01. The second-order valence-electron chi connectivity index (χ2n) is 3.72. The van der Waals surface area contributed by atoms with Gasteiger partial charge in [0, 0.05) is 31.4 Å². The first kappa shape index (κ1) is 16.9. The van der Waals surface area contributed by atoms with Gasteiger partial charge < -0.3 is 15.4 Å². The first-order chi connectivity index (χ1) is 8.13. The third-order valence-electron chi connectivity index (χ3n) is 2.63. The molecule has 5 nitrogen and oxygen atoms in total. The summed E-state index contributed by atoms with van der Waals surface area (Å²) >= 11 is 0. The van der Waals surface area contributed by atoms with Crippen molar-refractivity contribution in [2.75, 3.05) is 21.2 Å². The van der Waals surface area contributed by atoms with Crippen molar-refractivity contribution in [2.45, 2.75) is 20.4 Å². The van der Waals surface area contributed by atoms with Crippen LogP contribution in [0, 0.1) is 13.8 Å². The summed E-state index contributed by atoms with van der Waals surface area (Å²) in [6, 6.07) is 0. The molecule has 1 heterocycles. The Morgan fingerprint density at radius 1 is 1.44 bits per heavy atom. The number of guanidine groups is 1. The number of hydrogen-bond acceptors (Lipinski definition) is 3. The summed E-state index contributed by atoms with van der Waals surface area (Å²) < 4.78 is 5.36. The fourth-order valence-corrected chi connectivity index (χ4v) is 1.70. The number of aliphatic imine (C=N–C) groups is 1. The summed E-state index contributed by atoms with van der Waals surface area (Å²) in [7, 11) is 5.24. The van der Waals surface area contributed by atoms with Gasteiger partial charge in [-0.25, -0.2) is 0 Å². The maximum absolute atomic E-state index is 5.36. The Bertz CT molecular complexity index is 421. The second kappa shape index (κ2) is 8.12. The smallest absolute Gasteiger partial charge is 0.191 e. The van der Waals surface area contributed by atoms with Crippen LogP contribution in [0.5, 0.6) is 5.75 Å². The minimum absolute atomic E-state index is 0. The van der Waals surface area contributed by atoms with Crippen molar-refractivity contribution in [1.82, 2.24) is 15.6 Å². The molecule has 0 aliphatic rings. The van der Waals surface area contributed by atoms with Gasteiger partial charge in [0.1, 0.15) is 5.75 Å². The Balaban J connectivity index is 0.00000289. The van der Waals surface area contributed by atoms with Crippen molar-refractivity contribution in [3.8, 4) is 5.75 Å². The first-order valence-electron chi connectivity index (χ1n) is 5.51. The zero-order chi connectivity index (χ0) is 12.8. The Labute approximate surface area is 125 Å². The van der Waals surface area contributed by atoms with Crippen molar-refractivity contribution in [1.29, 1.82) is 0 Å². The maximum atomic E-state index is 5.36. The molecule has 0 aliphatic heterocycles. The van der Waals surface area contributed by atoms with Crippen LogP contribution in [-0.4, -0.2) is 32.1 Å². The van der Waals surface area contributed by atoms with Crippen molar-refractivity contribution in [3.63, 3.8) is 0 Å². The molecule has 0 aliphatic carbocycles. The Morgan fingerprint density at radius 2 is 2.11 bits per heavy atom. The molecule has 0 amide bonds. The lowest BCUT2D eigenvalue weighted by atomic mass is 10.1. The molecule has 1 aromatic rings. The van der Waals surface area contributed by atoms with Crippen LogP contribution in [0.25, 0.3) is 0 Å². The number of aryl methyl sites for hydroxylation is 1. The predicted molar refractivity (Wildman–Crippen MR) is 84.9 cm³/mol. The van der Waals surface area contributed by atoms with Gasteiger partial charge in [0.15, 0.2) is 5.96 Å². The largest absolute Gasteiger partial charge is 0.496 e. The van der Waals surface area contributed by atoms with E-state index in [1.807, 2.05) is 27.1 Å². The average Bonchev–Trinajstić information content (AvgIpc) is 2.33. The minimum Gasteiger partial charge on any atom is -0.496 e. The average molecular weight is 364 g/mol. The standard InChI is InChI=1S/C12H20N4O.HI/c1-8-6-15-10(9(2)11(8)17-5)7-16-12(13-3)14-4;/h6H,7H2,1-5H3,(H2,13,14,16);1H. The van der Waals surface area contributed by atoms with Crippen LogP contribution < -0.4 is 15.4 Å². The van der Waals surface area contributed by atoms with Gasteiger partial charge in [-0.15, -0.1) is 24.0 Å². The van der Waals surface area contributed by atoms with Crippen LogP contribution in [0.3, 0.4) is 0 Å². The number of methoxy groups -OCH3 is 1. The van der Waals surface area contributed by atoms with Gasteiger partial charge in [-0.3, -0.25) is 9.98 Å². The highest BCUT2D eigenvalue weighted by atomic mass is 127. The quantitative estimate of drug-likeness (QED) is 0.486. The zero-order valence-electron chi connectivity index (χ0n) is 11.5. The lowest BCUT2D eigenvalue weighted by molar-refractivity contribution is 0.406. The molecular formula is C12H21IN4O. The predicted octanol–water partition coefficient (Wildman–Crippen LogP) is 1.62. The van der Waals surface area contributed by atoms with E-state index in [2.05, 4.69) is 20.6 Å². The molecule has 1 aromatic heterocycles. The summed E-state index contributed by atoms with van der Waals surface area (Å²) in [5.74, 6) is 1.64. The Kier molecular flexibility index (Phi) is 7.65. The van der Waals surface area contributed by atoms with Gasteiger partial charge >= 0.3 is 0 Å². The first-order valence-corrected chi connectivity index (χ1v) is 5.51. The molecule has 0 aromatic carbocycles. The van der Waals surface area contributed by atoms with Gasteiger partial charge in [0.25, 0.3) is 0 Å². The molecule has 6 heteroatoms. The fraction of sp³-hybridized carbons (Fsp3) is 0.500. The van der Waals surface area contributed by atoms with Crippen molar-refractivity contribution in [2.24, 2.45) is 4.99 Å². The summed E-state index contributed by atoms with van der Waals surface area (Å²) in [5.41, 5.74) is 3.07. The topological polar surface area (TPSA) is 58.5 Å². The lowest BCUT2D eigenvalue weighted by Gasteiger charge is -2.13. The van der Waals surface area contributed by atoms with Crippen LogP contribution in [-0.2, 0) is 6.54 Å². The van der Waals surface area contributed by atoms with Crippen molar-refractivity contribution in [3.05, 3.63) is 23.0 Å². The van der Waals surface area contributed by atoms with Gasteiger partial charge in [0.05, 0.1) is 19.3 Å². The monoisotopic (exact) mass is 364 g/mol. The van der Waals surface area contributed by atoms with Crippen LogP contribution in [0.15, 0.2) is 11.2 Å². The molecular weight excluding hydrogens is 343 g/mol. The fourth-order valence-electron chi connectivity index (χ4n) is 1.70. The van der Waals surface area contributed by atoms with E-state index in [0.29, 0.717) is 6.54 Å². The zero-order valence-corrected chi connectivity index (χ0v) is 13.8. The van der Waals surface area contributed by atoms with Crippen LogP contribution in [0.2, 0.25) is 0 Å². The van der Waals surface area contributed by atoms with E-state index in [-0.39, 0.29) is 24.0 Å². The number of hydrogen-bond donors (Lipinski definition) is 2. The van der Waals surface area contributed by atoms with Crippen LogP contribution in [0.4, 0.5) is 0 Å². The number of rotatable bonds is 3. The summed E-state index contributed by atoms with van der Waals surface area (Å²) in [6.45, 7) is 4.62. The summed E-state index contributed by atoms with van der Waals surface area (Å²) in [5, 5.41) is 6.13. The number of pyridine rings is 1. The normalized spacial score (nSPS) is 10.6. The van der Waals surface area contributed by atoms with Crippen molar-refractivity contribution < 1.29 is 4.74 Å². The Hall–Kier alpha value is -1.05. The highest BCUT2D eigenvalue weighted by Gasteiger charge is 2.09. The van der Waals surface area contributed by atoms with Gasteiger partial charge in [-0.05, 0) is 13.8 Å². The van der Waals surface area contributed by atoms with Gasteiger partial charge in [-0.2, -0.15) is 0 Å². The van der Waals surface area contributed by atoms with Crippen LogP contribution in [0.1, 0.15) is 16.8 Å². The molecule has 2 N–H and O–H groups in total. The van der Waals surface area contributed by atoms with Gasteiger partial charge in [0.2, 0.25) is 0 Å². The molecule has 0 spiro atoms. The minimum atomic E-state index is 0. The van der Waals surface area contributed by atoms with Gasteiger partial charge in [-0.1, -0.05) is 0 Å². The third-order valence-corrected chi connectivity index (χ3v) is 2.63. The van der Waals surface area contributed by atoms with E-state index in [9.17, 15) is 0 Å².